The second kappa shape index (κ2) is 4.38. The first-order chi connectivity index (χ1) is 9.35. The molecule has 0 fully saturated rings. The van der Waals surface area contributed by atoms with Crippen LogP contribution in [-0.4, -0.2) is 5.60 Å². The number of anilines is 1. The van der Waals surface area contributed by atoms with E-state index in [-0.39, 0.29) is 10.6 Å². The molecule has 2 aromatic rings. The Balaban J connectivity index is 2.10. The molecule has 0 radical (unpaired) electrons. The number of halogens is 2. The largest absolute Gasteiger partial charge is 0.487 e. The van der Waals surface area contributed by atoms with E-state index in [0.29, 0.717) is 11.3 Å². The lowest BCUT2D eigenvalue weighted by atomic mass is 9.97. The maximum Gasteiger partial charge on any atom is 0.125 e. The fraction of sp³-hybridized carbons (Fsp3) is 0.250. The van der Waals surface area contributed by atoms with E-state index in [0.717, 1.165) is 23.3 Å². The number of fused-ring (bicyclic) bond motifs is 1. The second-order valence-corrected chi connectivity index (χ2v) is 6.12. The second-order valence-electron chi connectivity index (χ2n) is 5.71. The zero-order valence-corrected chi connectivity index (χ0v) is 12.1. The first-order valence-electron chi connectivity index (χ1n) is 6.42. The van der Waals surface area contributed by atoms with Gasteiger partial charge in [0.25, 0.3) is 0 Å². The molecule has 2 N–H and O–H groups in total. The third-order valence-electron chi connectivity index (χ3n) is 3.47. The number of rotatable bonds is 1. The Morgan fingerprint density at radius 3 is 2.75 bits per heavy atom. The molecule has 1 aliphatic heterocycles. The molecule has 4 heteroatoms. The highest BCUT2D eigenvalue weighted by atomic mass is 35.5. The molecule has 0 atom stereocenters. The van der Waals surface area contributed by atoms with E-state index in [1.165, 1.54) is 12.1 Å². The summed E-state index contributed by atoms with van der Waals surface area (Å²) in [6.45, 7) is 4.08. The summed E-state index contributed by atoms with van der Waals surface area (Å²) in [6, 6.07) is 8.40. The molecule has 0 aliphatic carbocycles. The lowest BCUT2D eigenvalue weighted by molar-refractivity contribution is 0.138. The van der Waals surface area contributed by atoms with Gasteiger partial charge in [0, 0.05) is 12.0 Å². The van der Waals surface area contributed by atoms with Crippen LogP contribution in [0.4, 0.5) is 10.1 Å². The van der Waals surface area contributed by atoms with Crippen LogP contribution in [-0.2, 0) is 6.42 Å². The Labute approximate surface area is 122 Å². The van der Waals surface area contributed by atoms with Gasteiger partial charge in [0.1, 0.15) is 17.2 Å². The van der Waals surface area contributed by atoms with E-state index in [4.69, 9.17) is 22.1 Å². The maximum absolute atomic E-state index is 13.5. The summed E-state index contributed by atoms with van der Waals surface area (Å²) < 4.78 is 19.4. The van der Waals surface area contributed by atoms with Gasteiger partial charge in [0.2, 0.25) is 0 Å². The van der Waals surface area contributed by atoms with Crippen LogP contribution in [0.15, 0.2) is 30.3 Å². The van der Waals surface area contributed by atoms with Crippen LogP contribution >= 0.6 is 11.6 Å². The zero-order valence-electron chi connectivity index (χ0n) is 11.3. The van der Waals surface area contributed by atoms with E-state index >= 15 is 0 Å². The Bertz CT molecular complexity index is 697. The van der Waals surface area contributed by atoms with Crippen molar-refractivity contribution in [2.75, 3.05) is 5.73 Å². The molecule has 0 amide bonds. The summed E-state index contributed by atoms with van der Waals surface area (Å²) in [6.07, 6.45) is 0.819. The first kappa shape index (κ1) is 13.3. The van der Waals surface area contributed by atoms with Gasteiger partial charge in [0.15, 0.2) is 0 Å². The van der Waals surface area contributed by atoms with Crippen LogP contribution in [0.3, 0.4) is 0 Å². The molecular weight excluding hydrogens is 277 g/mol. The smallest absolute Gasteiger partial charge is 0.125 e. The first-order valence-corrected chi connectivity index (χ1v) is 6.80. The molecule has 0 aromatic heterocycles. The molecule has 0 bridgehead atoms. The topological polar surface area (TPSA) is 35.2 Å². The molecule has 0 unspecified atom stereocenters. The molecule has 104 valence electrons. The third-order valence-corrected chi connectivity index (χ3v) is 3.78. The highest BCUT2D eigenvalue weighted by Gasteiger charge is 2.30. The number of hydrogen-bond donors (Lipinski definition) is 1. The molecule has 0 saturated heterocycles. The summed E-state index contributed by atoms with van der Waals surface area (Å²) in [4.78, 5) is 0. The van der Waals surface area contributed by atoms with Crippen molar-refractivity contribution in [3.8, 4) is 16.9 Å². The van der Waals surface area contributed by atoms with Crippen LogP contribution in [0.2, 0.25) is 5.02 Å². The third kappa shape index (κ3) is 2.22. The van der Waals surface area contributed by atoms with Gasteiger partial charge in [-0.05, 0) is 49.2 Å². The molecule has 2 aromatic carbocycles. The van der Waals surface area contributed by atoms with Gasteiger partial charge in [-0.25, -0.2) is 4.39 Å². The molecule has 20 heavy (non-hydrogen) atoms. The van der Waals surface area contributed by atoms with Gasteiger partial charge >= 0.3 is 0 Å². The molecule has 2 nitrogen and oxygen atoms in total. The van der Waals surface area contributed by atoms with Crippen molar-refractivity contribution in [3.63, 3.8) is 0 Å². The van der Waals surface area contributed by atoms with Crippen LogP contribution < -0.4 is 10.5 Å². The van der Waals surface area contributed by atoms with E-state index in [1.807, 2.05) is 32.0 Å². The highest BCUT2D eigenvalue weighted by Crippen LogP contribution is 2.39. The van der Waals surface area contributed by atoms with Crippen molar-refractivity contribution >= 4 is 17.3 Å². The Morgan fingerprint density at radius 1 is 1.25 bits per heavy atom. The lowest BCUT2D eigenvalue weighted by Gasteiger charge is -2.16. The van der Waals surface area contributed by atoms with E-state index in [9.17, 15) is 4.39 Å². The zero-order chi connectivity index (χ0) is 14.5. The van der Waals surface area contributed by atoms with Gasteiger partial charge in [0.05, 0.1) is 10.7 Å². The SMILES string of the molecule is CC1(C)Cc2cc(-c3cc(F)cc(Cl)c3N)ccc2O1. The molecule has 1 heterocycles. The number of benzene rings is 2. The van der Waals surface area contributed by atoms with Crippen LogP contribution in [0.1, 0.15) is 19.4 Å². The van der Waals surface area contributed by atoms with Crippen molar-refractivity contribution in [2.45, 2.75) is 25.9 Å². The monoisotopic (exact) mass is 291 g/mol. The van der Waals surface area contributed by atoms with Crippen molar-refractivity contribution in [2.24, 2.45) is 0 Å². The fourth-order valence-corrected chi connectivity index (χ4v) is 2.81. The average Bonchev–Trinajstić information content (AvgIpc) is 2.66. The van der Waals surface area contributed by atoms with Crippen LogP contribution in [0.25, 0.3) is 11.1 Å². The minimum absolute atomic E-state index is 0.202. The van der Waals surface area contributed by atoms with Gasteiger partial charge in [-0.1, -0.05) is 17.7 Å². The molecule has 0 spiro atoms. The number of nitrogen functional groups attached to an aromatic ring is 1. The molecular formula is C16H15ClFNO. The predicted molar refractivity (Wildman–Crippen MR) is 79.7 cm³/mol. The minimum Gasteiger partial charge on any atom is -0.487 e. The Kier molecular flexibility index (Phi) is 2.91. The van der Waals surface area contributed by atoms with Gasteiger partial charge in [-0.2, -0.15) is 0 Å². The summed E-state index contributed by atoms with van der Waals surface area (Å²) >= 11 is 5.94. The standard InChI is InChI=1S/C16H15ClFNO/c1-16(2)8-10-5-9(3-4-14(10)20-16)12-6-11(18)7-13(17)15(12)19/h3-7H,8,19H2,1-2H3. The predicted octanol–water partition coefficient (Wildman–Crippen LogP) is 4.44. The van der Waals surface area contributed by atoms with Crippen molar-refractivity contribution in [3.05, 3.63) is 46.7 Å². The van der Waals surface area contributed by atoms with Crippen molar-refractivity contribution in [1.29, 1.82) is 0 Å². The normalized spacial score (nSPS) is 15.8. The molecule has 0 saturated carbocycles. The lowest BCUT2D eigenvalue weighted by Crippen LogP contribution is -2.24. The number of ether oxygens (including phenoxy) is 1. The summed E-state index contributed by atoms with van der Waals surface area (Å²) in [5.74, 6) is 0.482. The molecule has 1 aliphatic rings. The van der Waals surface area contributed by atoms with E-state index < -0.39 is 5.82 Å². The van der Waals surface area contributed by atoms with Gasteiger partial charge < -0.3 is 10.5 Å². The quantitative estimate of drug-likeness (QED) is 0.788. The summed E-state index contributed by atoms with van der Waals surface area (Å²) in [5.41, 5.74) is 8.71. The van der Waals surface area contributed by atoms with E-state index in [2.05, 4.69) is 0 Å². The van der Waals surface area contributed by atoms with Gasteiger partial charge in [-0.3, -0.25) is 0 Å². The highest BCUT2D eigenvalue weighted by molar-refractivity contribution is 6.33. The Hall–Kier alpha value is -1.74. The van der Waals surface area contributed by atoms with Crippen LogP contribution in [0.5, 0.6) is 5.75 Å². The van der Waals surface area contributed by atoms with Gasteiger partial charge in [-0.15, -0.1) is 0 Å². The average molecular weight is 292 g/mol. The fourth-order valence-electron chi connectivity index (χ4n) is 2.60. The summed E-state index contributed by atoms with van der Waals surface area (Å²) in [7, 11) is 0. The molecule has 3 rings (SSSR count). The number of nitrogens with two attached hydrogens (primary N) is 1. The number of hydrogen-bond acceptors (Lipinski definition) is 2. The summed E-state index contributed by atoms with van der Waals surface area (Å²) in [5, 5.41) is 0.233. The maximum atomic E-state index is 13.5. The van der Waals surface area contributed by atoms with E-state index in [1.54, 1.807) is 0 Å². The van der Waals surface area contributed by atoms with Crippen molar-refractivity contribution in [1.82, 2.24) is 0 Å². The van der Waals surface area contributed by atoms with Crippen molar-refractivity contribution < 1.29 is 9.13 Å². The van der Waals surface area contributed by atoms with Crippen LogP contribution in [0, 0.1) is 5.82 Å². The Morgan fingerprint density at radius 2 is 2.00 bits per heavy atom. The minimum atomic E-state index is -0.392.